The minimum Gasteiger partial charge on any atom is -0.469 e. The van der Waals surface area contributed by atoms with Gasteiger partial charge in [0.05, 0.1) is 11.9 Å². The fourth-order valence-corrected chi connectivity index (χ4v) is 3.04. The van der Waals surface area contributed by atoms with Crippen molar-refractivity contribution in [3.8, 4) is 0 Å². The summed E-state index contributed by atoms with van der Waals surface area (Å²) < 4.78 is 11.5. The second kappa shape index (κ2) is 5.69. The molecule has 0 spiro atoms. The van der Waals surface area contributed by atoms with Crippen molar-refractivity contribution in [1.29, 1.82) is 0 Å². The molecule has 1 saturated carbocycles. The summed E-state index contributed by atoms with van der Waals surface area (Å²) in [5.74, 6) is 1.04. The topological polar surface area (TPSA) is 34.4 Å². The van der Waals surface area contributed by atoms with Crippen LogP contribution in [-0.4, -0.2) is 25.3 Å². The van der Waals surface area contributed by atoms with Gasteiger partial charge >= 0.3 is 0 Å². The van der Waals surface area contributed by atoms with Crippen molar-refractivity contribution in [3.63, 3.8) is 0 Å². The smallest absolute Gasteiger partial charge is 0.105 e. The summed E-state index contributed by atoms with van der Waals surface area (Å²) in [6.07, 6.45) is 7.51. The van der Waals surface area contributed by atoms with E-state index < -0.39 is 0 Å². The Labute approximate surface area is 104 Å². The van der Waals surface area contributed by atoms with Gasteiger partial charge in [0.1, 0.15) is 5.76 Å². The number of hydrogen-bond acceptors (Lipinski definition) is 3. The van der Waals surface area contributed by atoms with Gasteiger partial charge in [-0.1, -0.05) is 12.8 Å². The molecule has 0 aliphatic heterocycles. The van der Waals surface area contributed by atoms with Crippen LogP contribution in [0.4, 0.5) is 0 Å². The largest absolute Gasteiger partial charge is 0.469 e. The van der Waals surface area contributed by atoms with E-state index >= 15 is 0 Å². The molecule has 1 aliphatic carbocycles. The van der Waals surface area contributed by atoms with Gasteiger partial charge in [-0.2, -0.15) is 0 Å². The highest BCUT2D eigenvalue weighted by Crippen LogP contribution is 2.37. The zero-order valence-electron chi connectivity index (χ0n) is 10.9. The summed E-state index contributed by atoms with van der Waals surface area (Å²) >= 11 is 0. The maximum atomic E-state index is 6.09. The molecule has 1 fully saturated rings. The van der Waals surface area contributed by atoms with Crippen LogP contribution in [0.15, 0.2) is 22.8 Å². The minimum absolute atomic E-state index is 0.0102. The number of furan rings is 1. The summed E-state index contributed by atoms with van der Waals surface area (Å²) in [6, 6.07) is 4.33. The van der Waals surface area contributed by atoms with Crippen molar-refractivity contribution in [3.05, 3.63) is 24.2 Å². The Bertz CT molecular complexity index is 315. The number of hydrogen-bond donors (Lipinski definition) is 1. The second-order valence-electron chi connectivity index (χ2n) is 4.83. The van der Waals surface area contributed by atoms with Crippen molar-refractivity contribution < 1.29 is 9.15 Å². The molecule has 1 aromatic heterocycles. The Morgan fingerprint density at radius 3 is 2.76 bits per heavy atom. The number of rotatable bonds is 6. The Balaban J connectivity index is 2.09. The first-order chi connectivity index (χ1) is 8.30. The van der Waals surface area contributed by atoms with Crippen LogP contribution in [0.1, 0.15) is 38.4 Å². The van der Waals surface area contributed by atoms with E-state index in [1.807, 2.05) is 19.2 Å². The molecule has 17 heavy (non-hydrogen) atoms. The van der Waals surface area contributed by atoms with Crippen molar-refractivity contribution in [2.45, 2.75) is 50.7 Å². The standard InChI is InChI=1S/C14H23NO2/c1-3-17-14(8-4-5-9-14)13(15-2)11-12-7-6-10-16-12/h6-7,10,13,15H,3-5,8-9,11H2,1-2H3. The van der Waals surface area contributed by atoms with Gasteiger partial charge in [0.2, 0.25) is 0 Å². The zero-order valence-corrected chi connectivity index (χ0v) is 10.9. The third-order valence-corrected chi connectivity index (χ3v) is 3.85. The average molecular weight is 237 g/mol. The van der Waals surface area contributed by atoms with Gasteiger partial charge < -0.3 is 14.5 Å². The third kappa shape index (κ3) is 2.72. The molecule has 0 bridgehead atoms. The number of nitrogens with one attached hydrogen (secondary N) is 1. The van der Waals surface area contributed by atoms with Crippen LogP contribution in [0.25, 0.3) is 0 Å². The molecule has 1 aliphatic rings. The first kappa shape index (κ1) is 12.7. The molecule has 2 rings (SSSR count). The molecule has 1 atom stereocenters. The van der Waals surface area contributed by atoms with Crippen LogP contribution in [0, 0.1) is 0 Å². The molecule has 1 unspecified atom stereocenters. The van der Waals surface area contributed by atoms with E-state index in [0.29, 0.717) is 6.04 Å². The monoisotopic (exact) mass is 237 g/mol. The molecule has 0 radical (unpaired) electrons. The SMILES string of the molecule is CCOC1(C(Cc2ccco2)NC)CCCC1. The van der Waals surface area contributed by atoms with Crippen LogP contribution in [0.2, 0.25) is 0 Å². The Kier molecular flexibility index (Phi) is 4.24. The van der Waals surface area contributed by atoms with Crippen LogP contribution in [0.5, 0.6) is 0 Å². The second-order valence-corrected chi connectivity index (χ2v) is 4.83. The maximum absolute atomic E-state index is 6.09. The van der Waals surface area contributed by atoms with Gasteiger partial charge in [-0.05, 0) is 38.9 Å². The molecule has 0 aromatic carbocycles. The van der Waals surface area contributed by atoms with Gasteiger partial charge in [-0.25, -0.2) is 0 Å². The summed E-state index contributed by atoms with van der Waals surface area (Å²) in [5, 5.41) is 3.42. The molecule has 1 N–H and O–H groups in total. The Morgan fingerprint density at radius 1 is 1.47 bits per heavy atom. The van der Waals surface area contributed by atoms with Crippen molar-refractivity contribution in [2.75, 3.05) is 13.7 Å². The lowest BCUT2D eigenvalue weighted by molar-refractivity contribution is -0.0605. The number of ether oxygens (including phenoxy) is 1. The summed E-state index contributed by atoms with van der Waals surface area (Å²) in [5.41, 5.74) is 0.0102. The summed E-state index contributed by atoms with van der Waals surface area (Å²) in [7, 11) is 2.02. The highest BCUT2D eigenvalue weighted by Gasteiger charge is 2.41. The lowest BCUT2D eigenvalue weighted by Crippen LogP contribution is -2.51. The van der Waals surface area contributed by atoms with E-state index in [1.165, 1.54) is 12.8 Å². The van der Waals surface area contributed by atoms with Crippen LogP contribution < -0.4 is 5.32 Å². The van der Waals surface area contributed by atoms with Crippen LogP contribution >= 0.6 is 0 Å². The molecular formula is C14H23NO2. The fourth-order valence-electron chi connectivity index (χ4n) is 3.04. The Hall–Kier alpha value is -0.800. The lowest BCUT2D eigenvalue weighted by atomic mass is 9.89. The van der Waals surface area contributed by atoms with Gasteiger partial charge in [0.25, 0.3) is 0 Å². The van der Waals surface area contributed by atoms with Gasteiger partial charge in [0.15, 0.2) is 0 Å². The van der Waals surface area contributed by atoms with Gasteiger partial charge in [-0.3, -0.25) is 0 Å². The van der Waals surface area contributed by atoms with Crippen molar-refractivity contribution >= 4 is 0 Å². The summed E-state index contributed by atoms with van der Waals surface area (Å²) in [6.45, 7) is 2.87. The molecule has 1 heterocycles. The van der Waals surface area contributed by atoms with Crippen LogP contribution in [0.3, 0.4) is 0 Å². The fraction of sp³-hybridized carbons (Fsp3) is 0.714. The Morgan fingerprint density at radius 2 is 2.24 bits per heavy atom. The van der Waals surface area contributed by atoms with E-state index in [9.17, 15) is 0 Å². The van der Waals surface area contributed by atoms with Crippen molar-refractivity contribution in [1.82, 2.24) is 5.32 Å². The van der Waals surface area contributed by atoms with E-state index in [4.69, 9.17) is 9.15 Å². The minimum atomic E-state index is 0.0102. The average Bonchev–Trinajstić information content (AvgIpc) is 2.97. The predicted octanol–water partition coefficient (Wildman–Crippen LogP) is 2.76. The van der Waals surface area contributed by atoms with Crippen molar-refractivity contribution in [2.24, 2.45) is 0 Å². The third-order valence-electron chi connectivity index (χ3n) is 3.85. The summed E-state index contributed by atoms with van der Waals surface area (Å²) in [4.78, 5) is 0. The molecule has 96 valence electrons. The first-order valence-corrected chi connectivity index (χ1v) is 6.64. The lowest BCUT2D eigenvalue weighted by Gasteiger charge is -2.37. The molecular weight excluding hydrogens is 214 g/mol. The maximum Gasteiger partial charge on any atom is 0.105 e. The molecule has 3 heteroatoms. The highest BCUT2D eigenvalue weighted by molar-refractivity contribution is 5.06. The normalized spacial score (nSPS) is 20.6. The van der Waals surface area contributed by atoms with Crippen LogP contribution in [-0.2, 0) is 11.2 Å². The molecule has 3 nitrogen and oxygen atoms in total. The van der Waals surface area contributed by atoms with Gasteiger partial charge in [-0.15, -0.1) is 0 Å². The number of likely N-dealkylation sites (N-methyl/N-ethyl adjacent to an activating group) is 1. The highest BCUT2D eigenvalue weighted by atomic mass is 16.5. The molecule has 0 saturated heterocycles. The van der Waals surface area contributed by atoms with E-state index in [0.717, 1.165) is 31.6 Å². The van der Waals surface area contributed by atoms with Gasteiger partial charge in [0, 0.05) is 19.1 Å². The van der Waals surface area contributed by atoms with E-state index in [2.05, 4.69) is 12.2 Å². The first-order valence-electron chi connectivity index (χ1n) is 6.64. The zero-order chi connectivity index (χ0) is 12.1. The quantitative estimate of drug-likeness (QED) is 0.826. The van der Waals surface area contributed by atoms with E-state index in [-0.39, 0.29) is 5.60 Å². The molecule has 0 amide bonds. The van der Waals surface area contributed by atoms with E-state index in [1.54, 1.807) is 6.26 Å². The predicted molar refractivity (Wildman–Crippen MR) is 68.1 cm³/mol. The molecule has 1 aromatic rings.